The highest BCUT2D eigenvalue weighted by Gasteiger charge is 2.17. The highest BCUT2D eigenvalue weighted by molar-refractivity contribution is 7.13. The van der Waals surface area contributed by atoms with Gasteiger partial charge >= 0.3 is 6.09 Å². The van der Waals surface area contributed by atoms with Crippen LogP contribution in [0, 0.1) is 0 Å². The fourth-order valence-corrected chi connectivity index (χ4v) is 1.49. The van der Waals surface area contributed by atoms with Crippen LogP contribution in [-0.4, -0.2) is 16.7 Å². The fraction of sp³-hybridized carbons (Fsp3) is 0.556. The second-order valence-electron chi connectivity index (χ2n) is 3.90. The topological polar surface area (TPSA) is 51.2 Å². The number of amides is 1. The second kappa shape index (κ2) is 4.57. The summed E-state index contributed by atoms with van der Waals surface area (Å²) in [5.74, 6) is 0. The van der Waals surface area contributed by atoms with Crippen molar-refractivity contribution in [1.82, 2.24) is 4.98 Å². The largest absolute Gasteiger partial charge is 0.444 e. The van der Waals surface area contributed by atoms with Gasteiger partial charge in [0.25, 0.3) is 0 Å². The normalized spacial score (nSPS) is 11.2. The number of hydrogen-bond donors (Lipinski definition) is 1. The van der Waals surface area contributed by atoms with Crippen LogP contribution in [0.25, 0.3) is 0 Å². The van der Waals surface area contributed by atoms with E-state index in [9.17, 15) is 9.18 Å². The molecule has 0 bridgehead atoms. The summed E-state index contributed by atoms with van der Waals surface area (Å²) in [7, 11) is 0. The Morgan fingerprint density at radius 1 is 1.67 bits per heavy atom. The first-order valence-corrected chi connectivity index (χ1v) is 5.29. The van der Waals surface area contributed by atoms with E-state index in [4.69, 9.17) is 4.74 Å². The van der Waals surface area contributed by atoms with E-state index < -0.39 is 18.4 Å². The first-order valence-electron chi connectivity index (χ1n) is 4.41. The lowest BCUT2D eigenvalue weighted by Crippen LogP contribution is -2.27. The molecule has 1 N–H and O–H groups in total. The molecule has 0 unspecified atom stereocenters. The van der Waals surface area contributed by atoms with Crippen LogP contribution in [0.15, 0.2) is 5.38 Å². The number of hydrogen-bond acceptors (Lipinski definition) is 4. The van der Waals surface area contributed by atoms with Gasteiger partial charge in [-0.15, -0.1) is 11.3 Å². The Kier molecular flexibility index (Phi) is 3.62. The van der Waals surface area contributed by atoms with E-state index in [2.05, 4.69) is 10.3 Å². The molecule has 0 atom stereocenters. The van der Waals surface area contributed by atoms with Crippen molar-refractivity contribution in [1.29, 1.82) is 0 Å². The van der Waals surface area contributed by atoms with Gasteiger partial charge in [-0.3, -0.25) is 5.32 Å². The number of thiazole rings is 1. The predicted molar refractivity (Wildman–Crippen MR) is 56.8 cm³/mol. The molecule has 15 heavy (non-hydrogen) atoms. The van der Waals surface area contributed by atoms with E-state index in [1.54, 1.807) is 26.2 Å². The van der Waals surface area contributed by atoms with E-state index in [1.165, 1.54) is 11.3 Å². The molecule has 0 saturated heterocycles. The molecule has 1 heterocycles. The third kappa shape index (κ3) is 4.24. The lowest BCUT2D eigenvalue weighted by Gasteiger charge is -2.18. The molecule has 4 nitrogen and oxygen atoms in total. The average molecular weight is 232 g/mol. The van der Waals surface area contributed by atoms with Crippen LogP contribution in [0.4, 0.5) is 14.3 Å². The summed E-state index contributed by atoms with van der Waals surface area (Å²) >= 11 is 1.17. The van der Waals surface area contributed by atoms with Crippen molar-refractivity contribution in [3.05, 3.63) is 11.1 Å². The van der Waals surface area contributed by atoms with Crippen LogP contribution in [0.3, 0.4) is 0 Å². The van der Waals surface area contributed by atoms with E-state index in [0.717, 1.165) is 0 Å². The van der Waals surface area contributed by atoms with Crippen molar-refractivity contribution in [2.24, 2.45) is 0 Å². The number of carbonyl (C=O) groups is 1. The van der Waals surface area contributed by atoms with Gasteiger partial charge in [-0.05, 0) is 20.8 Å². The summed E-state index contributed by atoms with van der Waals surface area (Å²) in [6, 6.07) is 0. The van der Waals surface area contributed by atoms with Gasteiger partial charge in [0.15, 0.2) is 5.13 Å². The minimum absolute atomic E-state index is 0.311. The highest BCUT2D eigenvalue weighted by atomic mass is 32.1. The zero-order valence-electron chi connectivity index (χ0n) is 8.83. The van der Waals surface area contributed by atoms with E-state index >= 15 is 0 Å². The lowest BCUT2D eigenvalue weighted by atomic mass is 10.2. The summed E-state index contributed by atoms with van der Waals surface area (Å²) in [5, 5.41) is 4.33. The summed E-state index contributed by atoms with van der Waals surface area (Å²) in [6.07, 6.45) is -0.581. The zero-order valence-corrected chi connectivity index (χ0v) is 9.65. The van der Waals surface area contributed by atoms with Crippen LogP contribution < -0.4 is 5.32 Å². The lowest BCUT2D eigenvalue weighted by molar-refractivity contribution is 0.0636. The van der Waals surface area contributed by atoms with Gasteiger partial charge in [-0.25, -0.2) is 14.2 Å². The molecule has 0 fully saturated rings. The van der Waals surface area contributed by atoms with Gasteiger partial charge in [0.05, 0.1) is 5.69 Å². The molecule has 0 spiro atoms. The Morgan fingerprint density at radius 3 is 2.80 bits per heavy atom. The van der Waals surface area contributed by atoms with Crippen molar-refractivity contribution in [3.8, 4) is 0 Å². The summed E-state index contributed by atoms with van der Waals surface area (Å²) in [4.78, 5) is 15.1. The van der Waals surface area contributed by atoms with Gasteiger partial charge in [0.2, 0.25) is 0 Å². The fourth-order valence-electron chi connectivity index (χ4n) is 0.817. The molecule has 1 rings (SSSR count). The molecule has 0 aliphatic carbocycles. The number of nitrogens with one attached hydrogen (secondary N) is 1. The van der Waals surface area contributed by atoms with Crippen LogP contribution in [-0.2, 0) is 11.4 Å². The van der Waals surface area contributed by atoms with Crippen molar-refractivity contribution in [2.75, 3.05) is 5.32 Å². The van der Waals surface area contributed by atoms with Gasteiger partial charge in [-0.2, -0.15) is 0 Å². The maximum absolute atomic E-state index is 12.1. The summed E-state index contributed by atoms with van der Waals surface area (Å²) in [6.45, 7) is 4.66. The van der Waals surface area contributed by atoms with E-state index in [-0.39, 0.29) is 0 Å². The van der Waals surface area contributed by atoms with Gasteiger partial charge < -0.3 is 4.74 Å². The molecule has 0 saturated carbocycles. The highest BCUT2D eigenvalue weighted by Crippen LogP contribution is 2.17. The number of carbonyl (C=O) groups excluding carboxylic acids is 1. The number of rotatable bonds is 2. The van der Waals surface area contributed by atoms with Crippen LogP contribution >= 0.6 is 11.3 Å². The molecular formula is C9H13FN2O2S. The third-order valence-corrected chi connectivity index (χ3v) is 2.10. The molecule has 0 radical (unpaired) electrons. The average Bonchev–Trinajstić information content (AvgIpc) is 2.48. The minimum atomic E-state index is -0.632. The Balaban J connectivity index is 2.51. The van der Waals surface area contributed by atoms with E-state index in [1.807, 2.05) is 0 Å². The number of nitrogens with zero attached hydrogens (tertiary/aromatic N) is 1. The number of ether oxygens (including phenoxy) is 1. The molecule has 84 valence electrons. The van der Waals surface area contributed by atoms with Crippen molar-refractivity contribution in [3.63, 3.8) is 0 Å². The number of aromatic nitrogens is 1. The maximum Gasteiger partial charge on any atom is 0.413 e. The number of halogens is 1. The van der Waals surface area contributed by atoms with Crippen LogP contribution in [0.5, 0.6) is 0 Å². The standard InChI is InChI=1S/C9H13FN2O2S/c1-9(2,3)14-8(13)12-7-11-6(4-10)5-15-7/h5H,4H2,1-3H3,(H,11,12,13). The van der Waals surface area contributed by atoms with E-state index in [0.29, 0.717) is 10.8 Å². The molecule has 1 amide bonds. The van der Waals surface area contributed by atoms with Crippen molar-refractivity contribution in [2.45, 2.75) is 33.0 Å². The third-order valence-electron chi connectivity index (χ3n) is 1.30. The SMILES string of the molecule is CC(C)(C)OC(=O)Nc1nc(CF)cs1. The Bertz CT molecular complexity index is 346. The Morgan fingerprint density at radius 2 is 2.33 bits per heavy atom. The molecule has 0 aliphatic rings. The smallest absolute Gasteiger partial charge is 0.413 e. The first kappa shape index (κ1) is 11.9. The summed E-state index contributed by atoms with van der Waals surface area (Å²) in [5.41, 5.74) is -0.240. The van der Waals surface area contributed by atoms with Gasteiger partial charge in [0, 0.05) is 5.38 Å². The van der Waals surface area contributed by atoms with Gasteiger partial charge in [0.1, 0.15) is 12.3 Å². The van der Waals surface area contributed by atoms with Crippen LogP contribution in [0.1, 0.15) is 26.5 Å². The second-order valence-corrected chi connectivity index (χ2v) is 4.76. The van der Waals surface area contributed by atoms with Crippen molar-refractivity contribution >= 4 is 22.6 Å². The van der Waals surface area contributed by atoms with Crippen molar-refractivity contribution < 1.29 is 13.9 Å². The monoisotopic (exact) mass is 232 g/mol. The van der Waals surface area contributed by atoms with Gasteiger partial charge in [-0.1, -0.05) is 0 Å². The summed E-state index contributed by atoms with van der Waals surface area (Å²) < 4.78 is 17.2. The quantitative estimate of drug-likeness (QED) is 0.852. The molecule has 0 aliphatic heterocycles. The molecule has 1 aromatic rings. The minimum Gasteiger partial charge on any atom is -0.444 e. The number of anilines is 1. The molecular weight excluding hydrogens is 219 g/mol. The van der Waals surface area contributed by atoms with Crippen LogP contribution in [0.2, 0.25) is 0 Å². The zero-order chi connectivity index (χ0) is 11.5. The predicted octanol–water partition coefficient (Wildman–Crippen LogP) is 2.96. The Labute approximate surface area is 91.5 Å². The molecule has 1 aromatic heterocycles. The maximum atomic E-state index is 12.1. The molecule has 6 heteroatoms. The first-order chi connectivity index (χ1) is 6.90. The molecule has 0 aromatic carbocycles. The number of alkyl halides is 1. The Hall–Kier alpha value is -1.17.